The lowest BCUT2D eigenvalue weighted by atomic mass is 9.96. The Kier molecular flexibility index (Phi) is 3.72. The van der Waals surface area contributed by atoms with Crippen molar-refractivity contribution in [3.05, 3.63) is 0 Å². The molecule has 0 N–H and O–H groups in total. The highest BCUT2D eigenvalue weighted by Crippen LogP contribution is 2.14. The molecule has 0 aromatic heterocycles. The van der Waals surface area contributed by atoms with Crippen LogP contribution in [0.1, 0.15) is 20.8 Å². The summed E-state index contributed by atoms with van der Waals surface area (Å²) >= 11 is 0. The van der Waals surface area contributed by atoms with Gasteiger partial charge in [0.1, 0.15) is 0 Å². The predicted octanol–water partition coefficient (Wildman–Crippen LogP) is 1.14. The Morgan fingerprint density at radius 2 is 1.77 bits per heavy atom. The molecule has 0 aromatic rings. The number of hydrogen-bond acceptors (Lipinski definition) is 2. The number of rotatable bonds is 2. The minimum atomic E-state index is 0.137. The first-order valence-corrected chi connectivity index (χ1v) is 4.99. The summed E-state index contributed by atoms with van der Waals surface area (Å²) in [7, 11) is 0. The number of nitrogens with zero attached hydrogens (tertiary/aromatic N) is 1. The molecule has 0 aliphatic carbocycles. The summed E-state index contributed by atoms with van der Waals surface area (Å²) in [6.45, 7) is 9.08. The predicted molar refractivity (Wildman–Crippen MR) is 51.4 cm³/mol. The van der Waals surface area contributed by atoms with Crippen LogP contribution in [0, 0.1) is 11.8 Å². The second-order valence-electron chi connectivity index (χ2n) is 3.97. The minimum absolute atomic E-state index is 0.137. The fraction of sp³-hybridized carbons (Fsp3) is 0.900. The topological polar surface area (TPSA) is 29.5 Å². The standard InChI is InChI=1S/C10H19NO2/c1-8(2)9(3)10(12)11-4-6-13-7-5-11/h8-9H,4-7H2,1-3H3/t9-/m1/s1. The van der Waals surface area contributed by atoms with Crippen molar-refractivity contribution in [2.24, 2.45) is 11.8 Å². The minimum Gasteiger partial charge on any atom is -0.378 e. The zero-order valence-corrected chi connectivity index (χ0v) is 8.75. The number of carbonyl (C=O) groups is 1. The maximum atomic E-state index is 11.8. The van der Waals surface area contributed by atoms with E-state index in [1.807, 2.05) is 11.8 Å². The summed E-state index contributed by atoms with van der Waals surface area (Å²) in [5.74, 6) is 0.840. The van der Waals surface area contributed by atoms with E-state index >= 15 is 0 Å². The van der Waals surface area contributed by atoms with E-state index in [9.17, 15) is 4.79 Å². The summed E-state index contributed by atoms with van der Waals surface area (Å²) in [5.41, 5.74) is 0. The van der Waals surface area contributed by atoms with Gasteiger partial charge < -0.3 is 9.64 Å². The highest BCUT2D eigenvalue weighted by Gasteiger charge is 2.23. The number of morpholine rings is 1. The Balaban J connectivity index is 2.45. The lowest BCUT2D eigenvalue weighted by Crippen LogP contribution is -2.44. The van der Waals surface area contributed by atoms with Gasteiger partial charge in [0, 0.05) is 19.0 Å². The molecule has 1 heterocycles. The van der Waals surface area contributed by atoms with E-state index in [2.05, 4.69) is 13.8 Å². The molecule has 0 radical (unpaired) electrons. The van der Waals surface area contributed by atoms with Crippen molar-refractivity contribution in [2.45, 2.75) is 20.8 Å². The number of amides is 1. The van der Waals surface area contributed by atoms with Crippen LogP contribution < -0.4 is 0 Å². The molecule has 1 rings (SSSR count). The molecule has 1 aliphatic rings. The van der Waals surface area contributed by atoms with Gasteiger partial charge in [-0.15, -0.1) is 0 Å². The lowest BCUT2D eigenvalue weighted by molar-refractivity contribution is -0.140. The van der Waals surface area contributed by atoms with Crippen LogP contribution in [0.5, 0.6) is 0 Å². The smallest absolute Gasteiger partial charge is 0.225 e. The maximum absolute atomic E-state index is 11.8. The Labute approximate surface area is 80.1 Å². The van der Waals surface area contributed by atoms with Gasteiger partial charge in [-0.25, -0.2) is 0 Å². The molecule has 13 heavy (non-hydrogen) atoms. The monoisotopic (exact) mass is 185 g/mol. The molecular weight excluding hydrogens is 166 g/mol. The van der Waals surface area contributed by atoms with E-state index in [1.54, 1.807) is 0 Å². The molecule has 1 fully saturated rings. The Morgan fingerprint density at radius 3 is 2.23 bits per heavy atom. The van der Waals surface area contributed by atoms with Gasteiger partial charge in [-0.05, 0) is 5.92 Å². The molecule has 1 atom stereocenters. The molecule has 1 aliphatic heterocycles. The molecule has 0 aromatic carbocycles. The fourth-order valence-corrected chi connectivity index (χ4v) is 1.36. The third-order valence-electron chi connectivity index (χ3n) is 2.71. The van der Waals surface area contributed by atoms with Crippen molar-refractivity contribution in [3.63, 3.8) is 0 Å². The van der Waals surface area contributed by atoms with Crippen molar-refractivity contribution in [1.29, 1.82) is 0 Å². The summed E-state index contributed by atoms with van der Waals surface area (Å²) < 4.78 is 5.20. The first kappa shape index (κ1) is 10.5. The average Bonchev–Trinajstić information content (AvgIpc) is 2.17. The van der Waals surface area contributed by atoms with Crippen LogP contribution >= 0.6 is 0 Å². The molecule has 0 saturated carbocycles. The van der Waals surface area contributed by atoms with Crippen molar-refractivity contribution in [1.82, 2.24) is 4.90 Å². The molecule has 0 spiro atoms. The third-order valence-corrected chi connectivity index (χ3v) is 2.71. The second-order valence-corrected chi connectivity index (χ2v) is 3.97. The van der Waals surface area contributed by atoms with Crippen molar-refractivity contribution < 1.29 is 9.53 Å². The molecule has 1 amide bonds. The summed E-state index contributed by atoms with van der Waals surface area (Å²) in [6.07, 6.45) is 0. The summed E-state index contributed by atoms with van der Waals surface area (Å²) in [4.78, 5) is 13.7. The number of hydrogen-bond donors (Lipinski definition) is 0. The van der Waals surface area contributed by atoms with E-state index in [0.717, 1.165) is 13.1 Å². The molecular formula is C10H19NO2. The van der Waals surface area contributed by atoms with Crippen LogP contribution in [0.25, 0.3) is 0 Å². The Morgan fingerprint density at radius 1 is 1.23 bits per heavy atom. The molecule has 0 unspecified atom stereocenters. The highest BCUT2D eigenvalue weighted by molar-refractivity contribution is 5.78. The largest absolute Gasteiger partial charge is 0.378 e. The quantitative estimate of drug-likeness (QED) is 0.645. The van der Waals surface area contributed by atoms with Gasteiger partial charge in [0.2, 0.25) is 5.91 Å². The van der Waals surface area contributed by atoms with Crippen molar-refractivity contribution in [3.8, 4) is 0 Å². The second kappa shape index (κ2) is 4.61. The first-order valence-electron chi connectivity index (χ1n) is 4.99. The van der Waals surface area contributed by atoms with E-state index < -0.39 is 0 Å². The van der Waals surface area contributed by atoms with Gasteiger partial charge in [-0.3, -0.25) is 4.79 Å². The van der Waals surface area contributed by atoms with E-state index in [1.165, 1.54) is 0 Å². The van der Waals surface area contributed by atoms with Gasteiger partial charge in [0.25, 0.3) is 0 Å². The van der Waals surface area contributed by atoms with Crippen molar-refractivity contribution in [2.75, 3.05) is 26.3 Å². The van der Waals surface area contributed by atoms with E-state index in [-0.39, 0.29) is 11.8 Å². The molecule has 76 valence electrons. The molecule has 1 saturated heterocycles. The Hall–Kier alpha value is -0.570. The van der Waals surface area contributed by atoms with Crippen LogP contribution in [-0.4, -0.2) is 37.1 Å². The molecule has 0 bridgehead atoms. The molecule has 3 heteroatoms. The van der Waals surface area contributed by atoms with E-state index in [4.69, 9.17) is 4.74 Å². The van der Waals surface area contributed by atoms with Gasteiger partial charge in [-0.1, -0.05) is 20.8 Å². The van der Waals surface area contributed by atoms with Gasteiger partial charge in [0.05, 0.1) is 13.2 Å². The van der Waals surface area contributed by atoms with Crippen LogP contribution in [0.4, 0.5) is 0 Å². The summed E-state index contributed by atoms with van der Waals surface area (Å²) in [6, 6.07) is 0. The number of ether oxygens (including phenoxy) is 1. The average molecular weight is 185 g/mol. The van der Waals surface area contributed by atoms with E-state index in [0.29, 0.717) is 19.1 Å². The lowest BCUT2D eigenvalue weighted by Gasteiger charge is -2.30. The van der Waals surface area contributed by atoms with Crippen LogP contribution in [-0.2, 0) is 9.53 Å². The van der Waals surface area contributed by atoms with Crippen molar-refractivity contribution >= 4 is 5.91 Å². The van der Waals surface area contributed by atoms with Crippen LogP contribution in [0.2, 0.25) is 0 Å². The molecule has 3 nitrogen and oxygen atoms in total. The van der Waals surface area contributed by atoms with Crippen LogP contribution in [0.15, 0.2) is 0 Å². The van der Waals surface area contributed by atoms with Gasteiger partial charge >= 0.3 is 0 Å². The third kappa shape index (κ3) is 2.69. The van der Waals surface area contributed by atoms with Gasteiger partial charge in [0.15, 0.2) is 0 Å². The first-order chi connectivity index (χ1) is 6.13. The van der Waals surface area contributed by atoms with Crippen LogP contribution in [0.3, 0.4) is 0 Å². The fourth-order valence-electron chi connectivity index (χ4n) is 1.36. The SMILES string of the molecule is CC(C)[C@@H](C)C(=O)N1CCOCC1. The summed E-state index contributed by atoms with van der Waals surface area (Å²) in [5, 5.41) is 0. The highest BCUT2D eigenvalue weighted by atomic mass is 16.5. The Bertz CT molecular complexity index is 174. The van der Waals surface area contributed by atoms with Gasteiger partial charge in [-0.2, -0.15) is 0 Å². The normalized spacial score (nSPS) is 20.5. The zero-order chi connectivity index (χ0) is 9.84. The maximum Gasteiger partial charge on any atom is 0.225 e. The zero-order valence-electron chi connectivity index (χ0n) is 8.75. The number of carbonyl (C=O) groups excluding carboxylic acids is 1.